The normalized spacial score (nSPS) is 16.5. The van der Waals surface area contributed by atoms with Gasteiger partial charge in [-0.3, -0.25) is 4.79 Å². The highest BCUT2D eigenvalue weighted by Gasteiger charge is 2.17. The third-order valence-corrected chi connectivity index (χ3v) is 2.82. The van der Waals surface area contributed by atoms with Crippen molar-refractivity contribution in [3.8, 4) is 5.75 Å². The van der Waals surface area contributed by atoms with Gasteiger partial charge in [0.25, 0.3) is 0 Å². The van der Waals surface area contributed by atoms with E-state index in [9.17, 15) is 4.79 Å². The molecule has 1 aliphatic heterocycles. The fourth-order valence-corrected chi connectivity index (χ4v) is 1.94. The van der Waals surface area contributed by atoms with Crippen LogP contribution in [0.3, 0.4) is 0 Å². The minimum absolute atomic E-state index is 0.141. The van der Waals surface area contributed by atoms with Crippen LogP contribution in [0.5, 0.6) is 5.75 Å². The van der Waals surface area contributed by atoms with Crippen LogP contribution in [0, 0.1) is 0 Å². The molecule has 1 atom stereocenters. The van der Waals surface area contributed by atoms with Crippen LogP contribution in [0.4, 0.5) is 0 Å². The number of amides is 1. The van der Waals surface area contributed by atoms with E-state index in [0.717, 1.165) is 11.3 Å². The second-order valence-corrected chi connectivity index (χ2v) is 4.24. The molecule has 1 N–H and O–H groups in total. The molecule has 3 rings (SSSR count). The zero-order valence-electron chi connectivity index (χ0n) is 10.2. The molecule has 0 saturated carbocycles. The van der Waals surface area contributed by atoms with E-state index in [1.165, 1.54) is 4.79 Å². The molecule has 0 radical (unpaired) electrons. The Kier molecular flexibility index (Phi) is 3.02. The number of nitrogens with one attached hydrogen (secondary N) is 1. The highest BCUT2D eigenvalue weighted by atomic mass is 16.5. The summed E-state index contributed by atoms with van der Waals surface area (Å²) < 4.78 is 5.74. The Morgan fingerprint density at radius 1 is 1.37 bits per heavy atom. The van der Waals surface area contributed by atoms with Crippen LogP contribution in [0.25, 0.3) is 6.08 Å². The van der Waals surface area contributed by atoms with Gasteiger partial charge in [0.15, 0.2) is 0 Å². The van der Waals surface area contributed by atoms with Crippen LogP contribution in [-0.2, 0) is 4.79 Å². The summed E-state index contributed by atoms with van der Waals surface area (Å²) in [5.74, 6) is 0.666. The minimum atomic E-state index is -0.245. The second kappa shape index (κ2) is 4.97. The average Bonchev–Trinajstić information content (AvgIpc) is 2.91. The molecule has 96 valence electrons. The van der Waals surface area contributed by atoms with Crippen LogP contribution in [0.1, 0.15) is 12.0 Å². The maximum atomic E-state index is 11.8. The smallest absolute Gasteiger partial charge is 0.244 e. The summed E-state index contributed by atoms with van der Waals surface area (Å²) >= 11 is 0. The van der Waals surface area contributed by atoms with Gasteiger partial charge in [-0.25, -0.2) is 5.43 Å². The lowest BCUT2D eigenvalue weighted by molar-refractivity contribution is -0.118. The molecule has 1 unspecified atom stereocenters. The predicted octanol–water partition coefficient (Wildman–Crippen LogP) is 1.82. The molecule has 0 spiro atoms. The molecule has 19 heavy (non-hydrogen) atoms. The average molecular weight is 255 g/mol. The molecular formula is C14H13N3O2. The summed E-state index contributed by atoms with van der Waals surface area (Å²) in [5.41, 5.74) is 3.68. The van der Waals surface area contributed by atoms with E-state index in [1.807, 2.05) is 36.4 Å². The number of aromatic nitrogens is 2. The number of carbonyl (C=O) groups is 1. The third-order valence-electron chi connectivity index (χ3n) is 2.82. The fraction of sp³-hybridized carbons (Fsp3) is 0.143. The van der Waals surface area contributed by atoms with E-state index in [4.69, 9.17) is 4.74 Å². The summed E-state index contributed by atoms with van der Waals surface area (Å²) in [4.78, 5) is 13.2. The molecule has 0 fully saturated rings. The van der Waals surface area contributed by atoms with Gasteiger partial charge < -0.3 is 4.74 Å². The van der Waals surface area contributed by atoms with Crippen LogP contribution in [0.15, 0.2) is 48.8 Å². The first-order chi connectivity index (χ1) is 9.31. The summed E-state index contributed by atoms with van der Waals surface area (Å²) in [7, 11) is 0. The molecule has 5 nitrogen and oxygen atoms in total. The van der Waals surface area contributed by atoms with E-state index >= 15 is 0 Å². The first kappa shape index (κ1) is 11.5. The van der Waals surface area contributed by atoms with Crippen molar-refractivity contribution in [2.24, 2.45) is 0 Å². The number of benzene rings is 1. The monoisotopic (exact) mass is 255 g/mol. The Hall–Kier alpha value is -2.56. The van der Waals surface area contributed by atoms with Crippen LogP contribution in [-0.4, -0.2) is 21.9 Å². The number of para-hydroxylation sites is 1. The van der Waals surface area contributed by atoms with Crippen LogP contribution < -0.4 is 10.2 Å². The van der Waals surface area contributed by atoms with E-state index in [-0.39, 0.29) is 18.4 Å². The Morgan fingerprint density at radius 2 is 2.26 bits per heavy atom. The molecule has 0 saturated heterocycles. The summed E-state index contributed by atoms with van der Waals surface area (Å²) in [6, 6.07) is 9.49. The van der Waals surface area contributed by atoms with Crippen molar-refractivity contribution < 1.29 is 9.53 Å². The molecule has 1 amide bonds. The molecular weight excluding hydrogens is 242 g/mol. The van der Waals surface area contributed by atoms with Crippen molar-refractivity contribution in [1.29, 1.82) is 0 Å². The van der Waals surface area contributed by atoms with Gasteiger partial charge in [0.2, 0.25) is 5.91 Å². The molecule has 2 heterocycles. The van der Waals surface area contributed by atoms with E-state index < -0.39 is 0 Å². The number of hydrogen-bond donors (Lipinski definition) is 1. The number of nitrogens with zero attached hydrogens (tertiary/aromatic N) is 2. The maximum absolute atomic E-state index is 11.8. The zero-order valence-corrected chi connectivity index (χ0v) is 10.2. The molecule has 1 aromatic carbocycles. The zero-order chi connectivity index (χ0) is 13.1. The molecule has 1 aromatic heterocycles. The van der Waals surface area contributed by atoms with Gasteiger partial charge in [0, 0.05) is 11.8 Å². The van der Waals surface area contributed by atoms with Gasteiger partial charge in [-0.1, -0.05) is 24.3 Å². The van der Waals surface area contributed by atoms with Crippen molar-refractivity contribution in [2.45, 2.75) is 12.5 Å². The number of carbonyl (C=O) groups excluding carboxylic acids is 1. The third kappa shape index (κ3) is 2.65. The lowest BCUT2D eigenvalue weighted by Gasteiger charge is -2.20. The maximum Gasteiger partial charge on any atom is 0.244 e. The quantitative estimate of drug-likeness (QED) is 0.910. The van der Waals surface area contributed by atoms with Gasteiger partial charge in [-0.2, -0.15) is 9.89 Å². The first-order valence-electron chi connectivity index (χ1n) is 6.05. The molecule has 5 heteroatoms. The minimum Gasteiger partial charge on any atom is -0.485 e. The molecule has 0 aliphatic carbocycles. The Morgan fingerprint density at radius 3 is 3.11 bits per heavy atom. The first-order valence-corrected chi connectivity index (χ1v) is 6.05. The van der Waals surface area contributed by atoms with E-state index in [0.29, 0.717) is 0 Å². The summed E-state index contributed by atoms with van der Waals surface area (Å²) in [5, 5.41) is 3.91. The van der Waals surface area contributed by atoms with Gasteiger partial charge in [0.05, 0.1) is 12.6 Å². The Labute approximate surface area is 110 Å². The molecule has 0 bridgehead atoms. The summed E-state index contributed by atoms with van der Waals surface area (Å²) in [6.45, 7) is 0. The molecule has 1 aliphatic rings. The van der Waals surface area contributed by atoms with Crippen molar-refractivity contribution in [1.82, 2.24) is 9.89 Å². The lowest BCUT2D eigenvalue weighted by Crippen LogP contribution is -2.29. The van der Waals surface area contributed by atoms with E-state index in [1.54, 1.807) is 18.5 Å². The highest BCUT2D eigenvalue weighted by molar-refractivity contribution is 5.84. The number of rotatable bonds is 3. The topological polar surface area (TPSA) is 56.1 Å². The largest absolute Gasteiger partial charge is 0.485 e. The van der Waals surface area contributed by atoms with Crippen LogP contribution in [0.2, 0.25) is 0 Å². The predicted molar refractivity (Wildman–Crippen MR) is 71.1 cm³/mol. The van der Waals surface area contributed by atoms with Gasteiger partial charge in [-0.05, 0) is 18.2 Å². The number of ether oxygens (including phenoxy) is 1. The number of hydrogen-bond acceptors (Lipinski definition) is 3. The van der Waals surface area contributed by atoms with Crippen LogP contribution >= 0.6 is 0 Å². The highest BCUT2D eigenvalue weighted by Crippen LogP contribution is 2.26. The Bertz CT molecular complexity index is 605. The molecule has 2 aromatic rings. The fourth-order valence-electron chi connectivity index (χ4n) is 1.94. The van der Waals surface area contributed by atoms with Gasteiger partial charge >= 0.3 is 0 Å². The van der Waals surface area contributed by atoms with Gasteiger partial charge in [0.1, 0.15) is 11.9 Å². The van der Waals surface area contributed by atoms with Gasteiger partial charge in [-0.15, -0.1) is 0 Å². The van der Waals surface area contributed by atoms with Crippen molar-refractivity contribution in [3.63, 3.8) is 0 Å². The number of fused-ring (bicyclic) bond motifs is 1. The SMILES string of the molecule is O=C(CC1C=Cc2ccccc2O1)Nn1cccn1. The van der Waals surface area contributed by atoms with E-state index in [2.05, 4.69) is 10.5 Å². The van der Waals surface area contributed by atoms with Crippen molar-refractivity contribution >= 4 is 12.0 Å². The standard InChI is InChI=1S/C14H13N3O2/c18-14(16-17-9-3-8-15-17)10-12-7-6-11-4-1-2-5-13(11)19-12/h1-9,12H,10H2,(H,16,18). The summed E-state index contributed by atoms with van der Waals surface area (Å²) in [6.07, 6.45) is 7.16. The van der Waals surface area contributed by atoms with Crippen molar-refractivity contribution in [2.75, 3.05) is 5.43 Å². The lowest BCUT2D eigenvalue weighted by atomic mass is 10.1. The second-order valence-electron chi connectivity index (χ2n) is 4.24. The Balaban J connectivity index is 1.62. The van der Waals surface area contributed by atoms with Crippen molar-refractivity contribution in [3.05, 3.63) is 54.4 Å².